The lowest BCUT2D eigenvalue weighted by molar-refractivity contribution is -0.135. The highest BCUT2D eigenvalue weighted by atomic mass is 35.5. The zero-order valence-corrected chi connectivity index (χ0v) is 12.9. The average Bonchev–Trinajstić information content (AvgIpc) is 3.24. The zero-order chi connectivity index (χ0) is 14.7. The van der Waals surface area contributed by atoms with Crippen LogP contribution in [0.2, 0.25) is 5.02 Å². The highest BCUT2D eigenvalue weighted by Gasteiger charge is 2.38. The summed E-state index contributed by atoms with van der Waals surface area (Å²) < 4.78 is 0. The lowest BCUT2D eigenvalue weighted by Crippen LogP contribution is -2.46. The van der Waals surface area contributed by atoms with Crippen LogP contribution in [0, 0.1) is 0 Å². The van der Waals surface area contributed by atoms with Crippen LogP contribution in [0.4, 0.5) is 0 Å². The monoisotopic (exact) mass is 294 g/mol. The number of hydrogen-bond acceptors (Lipinski definition) is 2. The fourth-order valence-electron chi connectivity index (χ4n) is 2.63. The molecule has 2 atom stereocenters. The fraction of sp³-hybridized carbons (Fsp3) is 0.562. The first-order chi connectivity index (χ1) is 9.56. The predicted molar refractivity (Wildman–Crippen MR) is 82.6 cm³/mol. The third-order valence-corrected chi connectivity index (χ3v) is 4.23. The number of amides is 1. The summed E-state index contributed by atoms with van der Waals surface area (Å²) >= 11 is 6.26. The normalized spacial score (nSPS) is 17.6. The highest BCUT2D eigenvalue weighted by Crippen LogP contribution is 2.37. The molecule has 1 aromatic carbocycles. The second-order valence-electron chi connectivity index (χ2n) is 5.57. The molecule has 110 valence electrons. The molecule has 0 aliphatic heterocycles. The van der Waals surface area contributed by atoms with E-state index < -0.39 is 6.04 Å². The lowest BCUT2D eigenvalue weighted by Gasteiger charge is -2.32. The van der Waals surface area contributed by atoms with Crippen LogP contribution < -0.4 is 5.73 Å². The molecule has 0 bridgehead atoms. The van der Waals surface area contributed by atoms with Gasteiger partial charge in [0.25, 0.3) is 0 Å². The van der Waals surface area contributed by atoms with Crippen LogP contribution in [0.5, 0.6) is 0 Å². The van der Waals surface area contributed by atoms with Crippen molar-refractivity contribution in [1.29, 1.82) is 0 Å². The molecular weight excluding hydrogens is 272 g/mol. The molecule has 1 aliphatic carbocycles. The Kier molecular flexibility index (Phi) is 5.06. The van der Waals surface area contributed by atoms with Gasteiger partial charge in [-0.15, -0.1) is 0 Å². The Morgan fingerprint density at radius 1 is 1.45 bits per heavy atom. The number of carbonyl (C=O) groups excluding carboxylic acids is 1. The fourth-order valence-corrected chi connectivity index (χ4v) is 2.92. The molecule has 0 heterocycles. The van der Waals surface area contributed by atoms with Gasteiger partial charge < -0.3 is 10.6 Å². The molecule has 1 saturated carbocycles. The van der Waals surface area contributed by atoms with Crippen LogP contribution in [-0.4, -0.2) is 22.9 Å². The van der Waals surface area contributed by atoms with Crippen molar-refractivity contribution < 1.29 is 4.79 Å². The van der Waals surface area contributed by atoms with E-state index in [4.69, 9.17) is 17.3 Å². The summed E-state index contributed by atoms with van der Waals surface area (Å²) in [5, 5.41) is 0.711. The van der Waals surface area contributed by atoms with Crippen LogP contribution in [0.3, 0.4) is 0 Å². The maximum atomic E-state index is 12.6. The molecule has 0 aromatic heterocycles. The molecule has 1 aromatic rings. The lowest BCUT2D eigenvalue weighted by atomic mass is 10.0. The molecule has 20 heavy (non-hydrogen) atoms. The first kappa shape index (κ1) is 15.3. The summed E-state index contributed by atoms with van der Waals surface area (Å²) in [5.41, 5.74) is 7.02. The van der Waals surface area contributed by atoms with Crippen molar-refractivity contribution in [3.8, 4) is 0 Å². The minimum Gasteiger partial charge on any atom is -0.332 e. The summed E-state index contributed by atoms with van der Waals surface area (Å²) in [5.74, 6) is 0.0572. The van der Waals surface area contributed by atoms with Crippen molar-refractivity contribution in [3.05, 3.63) is 34.9 Å². The number of benzene rings is 1. The minimum absolute atomic E-state index is 0.0217. The Hall–Kier alpha value is -1.06. The first-order valence-electron chi connectivity index (χ1n) is 7.38. The number of rotatable bonds is 6. The molecule has 0 radical (unpaired) electrons. The molecule has 2 unspecified atom stereocenters. The summed E-state index contributed by atoms with van der Waals surface area (Å²) in [6, 6.07) is 7.63. The molecule has 0 saturated heterocycles. The van der Waals surface area contributed by atoms with Crippen molar-refractivity contribution in [2.45, 2.75) is 57.7 Å². The summed E-state index contributed by atoms with van der Waals surface area (Å²) in [4.78, 5) is 14.5. The Morgan fingerprint density at radius 3 is 2.65 bits per heavy atom. The van der Waals surface area contributed by atoms with Gasteiger partial charge >= 0.3 is 0 Å². The maximum Gasteiger partial charge on any atom is 0.240 e. The van der Waals surface area contributed by atoms with Crippen LogP contribution >= 0.6 is 11.6 Å². The van der Waals surface area contributed by atoms with E-state index in [0.717, 1.165) is 31.2 Å². The number of nitrogens with two attached hydrogens (primary N) is 1. The van der Waals surface area contributed by atoms with Gasteiger partial charge in [-0.05, 0) is 37.8 Å². The Balaban J connectivity index is 2.20. The Bertz CT molecular complexity index is 473. The average molecular weight is 295 g/mol. The van der Waals surface area contributed by atoms with Gasteiger partial charge in [0.1, 0.15) is 0 Å². The van der Waals surface area contributed by atoms with Crippen LogP contribution in [0.15, 0.2) is 24.3 Å². The van der Waals surface area contributed by atoms with E-state index in [0.29, 0.717) is 11.1 Å². The minimum atomic E-state index is -0.398. The van der Waals surface area contributed by atoms with Gasteiger partial charge in [0, 0.05) is 11.1 Å². The second-order valence-corrected chi connectivity index (χ2v) is 5.98. The molecule has 0 spiro atoms. The second kappa shape index (κ2) is 6.59. The first-order valence-corrected chi connectivity index (χ1v) is 7.76. The van der Waals surface area contributed by atoms with E-state index in [1.165, 1.54) is 0 Å². The molecule has 1 amide bonds. The Labute approximate surface area is 126 Å². The Morgan fingerprint density at radius 2 is 2.10 bits per heavy atom. The molecule has 2 N–H and O–H groups in total. The van der Waals surface area contributed by atoms with Crippen LogP contribution in [0.1, 0.15) is 51.1 Å². The summed E-state index contributed by atoms with van der Waals surface area (Å²) in [7, 11) is 0. The standard InChI is InChI=1S/C16H23ClN2O/c1-3-6-15(18)16(20)19(12-9-10-12)11(2)13-7-4-5-8-14(13)17/h4-5,7-8,11-12,15H,3,6,9-10,18H2,1-2H3. The van der Waals surface area contributed by atoms with Gasteiger partial charge in [0.05, 0.1) is 12.1 Å². The third-order valence-electron chi connectivity index (χ3n) is 3.88. The summed E-state index contributed by atoms with van der Waals surface area (Å²) in [6.07, 6.45) is 3.79. The van der Waals surface area contributed by atoms with E-state index in [-0.39, 0.29) is 11.9 Å². The molecular formula is C16H23ClN2O. The van der Waals surface area contributed by atoms with Gasteiger partial charge in [-0.1, -0.05) is 43.1 Å². The molecule has 1 fully saturated rings. The van der Waals surface area contributed by atoms with E-state index in [1.54, 1.807) is 0 Å². The van der Waals surface area contributed by atoms with E-state index in [9.17, 15) is 4.79 Å². The van der Waals surface area contributed by atoms with E-state index in [1.807, 2.05) is 43.0 Å². The number of hydrogen-bond donors (Lipinski definition) is 1. The number of carbonyl (C=O) groups is 1. The van der Waals surface area contributed by atoms with Gasteiger partial charge in [-0.25, -0.2) is 0 Å². The van der Waals surface area contributed by atoms with E-state index in [2.05, 4.69) is 0 Å². The van der Waals surface area contributed by atoms with Crippen molar-refractivity contribution in [3.63, 3.8) is 0 Å². The van der Waals surface area contributed by atoms with Crippen molar-refractivity contribution >= 4 is 17.5 Å². The SMILES string of the molecule is CCCC(N)C(=O)N(C1CC1)C(C)c1ccccc1Cl. The van der Waals surface area contributed by atoms with Crippen LogP contribution in [-0.2, 0) is 4.79 Å². The topological polar surface area (TPSA) is 46.3 Å². The van der Waals surface area contributed by atoms with E-state index >= 15 is 0 Å². The predicted octanol–water partition coefficient (Wildman–Crippen LogP) is 3.52. The maximum absolute atomic E-state index is 12.6. The van der Waals surface area contributed by atoms with Gasteiger partial charge in [-0.3, -0.25) is 4.79 Å². The molecule has 1 aliphatic rings. The van der Waals surface area contributed by atoms with Gasteiger partial charge in [0.2, 0.25) is 5.91 Å². The third kappa shape index (κ3) is 3.33. The smallest absolute Gasteiger partial charge is 0.240 e. The van der Waals surface area contributed by atoms with Crippen LogP contribution in [0.25, 0.3) is 0 Å². The largest absolute Gasteiger partial charge is 0.332 e. The quantitative estimate of drug-likeness (QED) is 0.872. The van der Waals surface area contributed by atoms with Gasteiger partial charge in [-0.2, -0.15) is 0 Å². The zero-order valence-electron chi connectivity index (χ0n) is 12.2. The van der Waals surface area contributed by atoms with Gasteiger partial charge in [0.15, 0.2) is 0 Å². The number of nitrogens with zero attached hydrogens (tertiary/aromatic N) is 1. The summed E-state index contributed by atoms with van der Waals surface area (Å²) in [6.45, 7) is 4.09. The molecule has 2 rings (SSSR count). The molecule has 3 nitrogen and oxygen atoms in total. The highest BCUT2D eigenvalue weighted by molar-refractivity contribution is 6.31. The molecule has 4 heteroatoms. The van der Waals surface area contributed by atoms with Crippen molar-refractivity contribution in [2.24, 2.45) is 5.73 Å². The number of halogens is 1. The van der Waals surface area contributed by atoms with Crippen molar-refractivity contribution in [1.82, 2.24) is 4.90 Å². The van der Waals surface area contributed by atoms with Crippen molar-refractivity contribution in [2.75, 3.05) is 0 Å².